The fourth-order valence-electron chi connectivity index (χ4n) is 4.60. The van der Waals surface area contributed by atoms with Crippen molar-refractivity contribution in [2.75, 3.05) is 13.1 Å². The first kappa shape index (κ1) is 32.7. The number of unbranched alkanes of at least 4 members (excludes halogenated alkanes) is 15. The van der Waals surface area contributed by atoms with E-state index in [1.54, 1.807) is 0 Å². The molecule has 198 valence electrons. The summed E-state index contributed by atoms with van der Waals surface area (Å²) in [6.45, 7) is 10.2. The van der Waals surface area contributed by atoms with E-state index in [0.717, 1.165) is 25.9 Å². The number of hydrogen-bond acceptors (Lipinski definition) is 3. The number of hydrogen-bond donors (Lipinski definition) is 1. The summed E-state index contributed by atoms with van der Waals surface area (Å²) in [5.41, 5.74) is 0. The first-order chi connectivity index (χ1) is 16.0. The minimum absolute atomic E-state index is 0.255. The highest BCUT2D eigenvalue weighted by molar-refractivity contribution is 6.20. The second-order valence-corrected chi connectivity index (χ2v) is 11.0. The molecule has 1 aliphatic heterocycles. The third kappa shape index (κ3) is 22.0. The summed E-state index contributed by atoms with van der Waals surface area (Å²) >= 11 is 5.94. The summed E-state index contributed by atoms with van der Waals surface area (Å²) in [6.07, 6.45) is 28.0. The smallest absolute Gasteiger partial charge is 0.0854 e. The molecule has 0 aromatic carbocycles. The van der Waals surface area contributed by atoms with Crippen molar-refractivity contribution in [2.45, 2.75) is 167 Å². The van der Waals surface area contributed by atoms with Crippen LogP contribution in [0.4, 0.5) is 0 Å². The molecular weight excluding hydrogens is 428 g/mol. The van der Waals surface area contributed by atoms with Crippen molar-refractivity contribution in [1.82, 2.24) is 4.90 Å². The second kappa shape index (κ2) is 24.8. The minimum Gasteiger partial charge on any atom is -0.391 e. The molecule has 3 atom stereocenters. The Labute approximate surface area is 213 Å². The van der Waals surface area contributed by atoms with E-state index in [1.807, 2.05) is 13.3 Å². The molecule has 0 saturated heterocycles. The number of aliphatic hydroxyl groups is 1. The standard InChI is InChI=1S/C20H41Cl.C9H18N2O/c1-3-4-5-6-7-8-9-10-11-12-13-14-15-16-17-18-19-20(2)21;1-3-4-9(8(2)12)11-6-5-10-7-11/h20H,3-19H2,1-2H3;7-9,12H,3-6H2,1-2H3. The van der Waals surface area contributed by atoms with Crippen molar-refractivity contribution in [2.24, 2.45) is 4.99 Å². The molecule has 0 fully saturated rings. The number of alkyl halides is 1. The van der Waals surface area contributed by atoms with Crippen LogP contribution in [0.5, 0.6) is 0 Å². The Kier molecular flexibility index (Phi) is 24.6. The molecule has 1 N–H and O–H groups in total. The highest BCUT2D eigenvalue weighted by Crippen LogP contribution is 2.15. The monoisotopic (exact) mass is 486 g/mol. The Morgan fingerprint density at radius 1 is 0.727 bits per heavy atom. The van der Waals surface area contributed by atoms with Crippen LogP contribution in [0.2, 0.25) is 0 Å². The third-order valence-electron chi connectivity index (χ3n) is 6.74. The minimum atomic E-state index is -0.255. The maximum Gasteiger partial charge on any atom is 0.0854 e. The highest BCUT2D eigenvalue weighted by atomic mass is 35.5. The van der Waals surface area contributed by atoms with Crippen LogP contribution >= 0.6 is 11.6 Å². The predicted molar refractivity (Wildman–Crippen MR) is 150 cm³/mol. The molecule has 3 nitrogen and oxygen atoms in total. The molecule has 1 heterocycles. The van der Waals surface area contributed by atoms with Gasteiger partial charge in [-0.15, -0.1) is 11.6 Å². The van der Waals surface area contributed by atoms with Gasteiger partial charge >= 0.3 is 0 Å². The van der Waals surface area contributed by atoms with E-state index in [9.17, 15) is 5.11 Å². The molecule has 1 rings (SSSR count). The van der Waals surface area contributed by atoms with Crippen LogP contribution in [-0.2, 0) is 0 Å². The molecule has 4 heteroatoms. The van der Waals surface area contributed by atoms with Gasteiger partial charge in [-0.05, 0) is 26.7 Å². The molecule has 0 aromatic rings. The van der Waals surface area contributed by atoms with Crippen molar-refractivity contribution in [3.05, 3.63) is 0 Å². The number of aliphatic imine (C=N–C) groups is 1. The molecule has 3 unspecified atom stereocenters. The summed E-state index contributed by atoms with van der Waals surface area (Å²) < 4.78 is 0. The number of halogens is 1. The fourth-order valence-corrected chi connectivity index (χ4v) is 4.75. The normalized spacial score (nSPS) is 15.9. The van der Waals surface area contributed by atoms with E-state index in [4.69, 9.17) is 11.6 Å². The average Bonchev–Trinajstić information content (AvgIpc) is 3.31. The maximum atomic E-state index is 9.50. The van der Waals surface area contributed by atoms with Crippen molar-refractivity contribution in [3.63, 3.8) is 0 Å². The summed E-state index contributed by atoms with van der Waals surface area (Å²) in [5.74, 6) is 0. The van der Waals surface area contributed by atoms with Gasteiger partial charge in [0.1, 0.15) is 0 Å². The lowest BCUT2D eigenvalue weighted by Gasteiger charge is -2.28. The van der Waals surface area contributed by atoms with Crippen molar-refractivity contribution in [1.29, 1.82) is 0 Å². The van der Waals surface area contributed by atoms with E-state index in [2.05, 4.69) is 30.7 Å². The van der Waals surface area contributed by atoms with Gasteiger partial charge in [0.25, 0.3) is 0 Å². The summed E-state index contributed by atoms with van der Waals surface area (Å²) in [4.78, 5) is 6.29. The molecule has 0 bridgehead atoms. The van der Waals surface area contributed by atoms with E-state index in [1.165, 1.54) is 109 Å². The van der Waals surface area contributed by atoms with Crippen LogP contribution in [0.3, 0.4) is 0 Å². The van der Waals surface area contributed by atoms with Gasteiger partial charge < -0.3 is 10.0 Å². The third-order valence-corrected chi connectivity index (χ3v) is 6.96. The molecule has 33 heavy (non-hydrogen) atoms. The molecule has 0 radical (unpaired) electrons. The van der Waals surface area contributed by atoms with Gasteiger partial charge in [0, 0.05) is 11.9 Å². The summed E-state index contributed by atoms with van der Waals surface area (Å²) in [5, 5.41) is 9.87. The van der Waals surface area contributed by atoms with Crippen LogP contribution < -0.4 is 0 Å². The van der Waals surface area contributed by atoms with Gasteiger partial charge in [0.05, 0.1) is 25.0 Å². The largest absolute Gasteiger partial charge is 0.391 e. The number of nitrogens with zero attached hydrogens (tertiary/aromatic N) is 2. The van der Waals surface area contributed by atoms with E-state index in [0.29, 0.717) is 5.38 Å². The maximum absolute atomic E-state index is 9.50. The molecule has 0 saturated carbocycles. The van der Waals surface area contributed by atoms with Crippen molar-refractivity contribution < 1.29 is 5.11 Å². The lowest BCUT2D eigenvalue weighted by molar-refractivity contribution is 0.0997. The molecule has 1 aliphatic rings. The van der Waals surface area contributed by atoms with Crippen LogP contribution in [0, 0.1) is 0 Å². The fraction of sp³-hybridized carbons (Fsp3) is 0.966. The summed E-state index contributed by atoms with van der Waals surface area (Å²) in [6, 6.07) is 0.265. The highest BCUT2D eigenvalue weighted by Gasteiger charge is 2.21. The summed E-state index contributed by atoms with van der Waals surface area (Å²) in [7, 11) is 0. The second-order valence-electron chi connectivity index (χ2n) is 10.2. The Morgan fingerprint density at radius 2 is 1.18 bits per heavy atom. The molecule has 0 aliphatic carbocycles. The van der Waals surface area contributed by atoms with Crippen LogP contribution in [0.15, 0.2) is 4.99 Å². The zero-order chi connectivity index (χ0) is 24.6. The lowest BCUT2D eigenvalue weighted by Crippen LogP contribution is -2.40. The van der Waals surface area contributed by atoms with Crippen LogP contribution in [-0.4, -0.2) is 47.0 Å². The van der Waals surface area contributed by atoms with Crippen molar-refractivity contribution >= 4 is 17.9 Å². The van der Waals surface area contributed by atoms with Gasteiger partial charge in [-0.2, -0.15) is 0 Å². The van der Waals surface area contributed by atoms with Crippen LogP contribution in [0.25, 0.3) is 0 Å². The number of rotatable bonds is 21. The molecule has 0 aromatic heterocycles. The van der Waals surface area contributed by atoms with Gasteiger partial charge in [0.2, 0.25) is 0 Å². The van der Waals surface area contributed by atoms with Gasteiger partial charge in [-0.25, -0.2) is 0 Å². The van der Waals surface area contributed by atoms with E-state index in [-0.39, 0.29) is 12.1 Å². The average molecular weight is 487 g/mol. The lowest BCUT2D eigenvalue weighted by atomic mass is 10.0. The quantitative estimate of drug-likeness (QED) is 0.129. The molecule has 0 amide bonds. The van der Waals surface area contributed by atoms with E-state index >= 15 is 0 Å². The van der Waals surface area contributed by atoms with Crippen LogP contribution in [0.1, 0.15) is 150 Å². The predicted octanol–water partition coefficient (Wildman–Crippen LogP) is 9.15. The molecular formula is C29H59ClN2O. The van der Waals surface area contributed by atoms with Gasteiger partial charge in [-0.1, -0.05) is 123 Å². The zero-order valence-corrected chi connectivity index (χ0v) is 23.6. The topological polar surface area (TPSA) is 35.8 Å². The molecule has 0 spiro atoms. The van der Waals surface area contributed by atoms with Gasteiger partial charge in [0.15, 0.2) is 0 Å². The first-order valence-electron chi connectivity index (χ1n) is 14.6. The zero-order valence-electron chi connectivity index (χ0n) is 22.9. The van der Waals surface area contributed by atoms with Crippen molar-refractivity contribution in [3.8, 4) is 0 Å². The van der Waals surface area contributed by atoms with E-state index < -0.39 is 0 Å². The Balaban J connectivity index is 0.000000716. The number of aliphatic hydroxyl groups excluding tert-OH is 1. The van der Waals surface area contributed by atoms with Gasteiger partial charge in [-0.3, -0.25) is 4.99 Å². The SMILES string of the molecule is CCCC(C(C)O)N1C=NCC1.CCCCCCCCCCCCCCCCCCC(C)Cl. The first-order valence-corrected chi connectivity index (χ1v) is 15.0. The Hall–Kier alpha value is -0.280. The Morgan fingerprint density at radius 3 is 1.52 bits per heavy atom. The Bertz CT molecular complexity index is 414.